The summed E-state index contributed by atoms with van der Waals surface area (Å²) in [5.41, 5.74) is 1.43. The van der Waals surface area contributed by atoms with Crippen molar-refractivity contribution in [2.75, 3.05) is 26.0 Å². The molecular formula is C21H27N5O2. The number of rotatable bonds is 5. The Morgan fingerprint density at radius 1 is 1.21 bits per heavy atom. The first-order chi connectivity index (χ1) is 13.5. The molecule has 0 radical (unpaired) electrons. The summed E-state index contributed by atoms with van der Waals surface area (Å²) in [5, 5.41) is 3.07. The van der Waals surface area contributed by atoms with Gasteiger partial charge in [-0.05, 0) is 31.4 Å². The van der Waals surface area contributed by atoms with Crippen molar-refractivity contribution in [2.45, 2.75) is 38.8 Å². The van der Waals surface area contributed by atoms with Gasteiger partial charge in [0, 0.05) is 39.2 Å². The van der Waals surface area contributed by atoms with Gasteiger partial charge in [-0.15, -0.1) is 0 Å². The van der Waals surface area contributed by atoms with Crippen LogP contribution in [0.3, 0.4) is 0 Å². The summed E-state index contributed by atoms with van der Waals surface area (Å²) in [5.74, 6) is 1.30. The highest BCUT2D eigenvalue weighted by atomic mass is 16.2. The van der Waals surface area contributed by atoms with Crippen LogP contribution in [-0.4, -0.2) is 52.2 Å². The third kappa shape index (κ3) is 4.47. The predicted molar refractivity (Wildman–Crippen MR) is 108 cm³/mol. The molecular weight excluding hydrogens is 354 g/mol. The molecule has 7 nitrogen and oxygen atoms in total. The van der Waals surface area contributed by atoms with Gasteiger partial charge in [0.05, 0.1) is 18.3 Å². The molecule has 1 aliphatic heterocycles. The minimum Gasteiger partial charge on any atom is -0.373 e. The van der Waals surface area contributed by atoms with Crippen molar-refractivity contribution >= 4 is 17.6 Å². The number of carbonyl (C=O) groups is 2. The monoisotopic (exact) mass is 381 g/mol. The second-order valence-electron chi connectivity index (χ2n) is 7.10. The Kier molecular flexibility index (Phi) is 6.23. The predicted octanol–water partition coefficient (Wildman–Crippen LogP) is 2.86. The molecule has 2 aromatic rings. The minimum atomic E-state index is -0.170. The molecule has 1 N–H and O–H groups in total. The van der Waals surface area contributed by atoms with E-state index in [0.29, 0.717) is 30.3 Å². The second kappa shape index (κ2) is 8.82. The highest BCUT2D eigenvalue weighted by Crippen LogP contribution is 2.31. The van der Waals surface area contributed by atoms with Gasteiger partial charge in [0.25, 0.3) is 5.91 Å². The van der Waals surface area contributed by atoms with Crippen LogP contribution in [0, 0.1) is 0 Å². The van der Waals surface area contributed by atoms with Gasteiger partial charge >= 0.3 is 0 Å². The van der Waals surface area contributed by atoms with Crippen LogP contribution >= 0.6 is 0 Å². The number of piperidine rings is 1. The molecule has 0 aliphatic carbocycles. The summed E-state index contributed by atoms with van der Waals surface area (Å²) in [7, 11) is 3.55. The largest absolute Gasteiger partial charge is 0.373 e. The average molecular weight is 381 g/mol. The van der Waals surface area contributed by atoms with Crippen LogP contribution in [0.4, 0.5) is 5.82 Å². The summed E-state index contributed by atoms with van der Waals surface area (Å²) in [6.07, 6.45) is 2.83. The number of hydrogen-bond donors (Lipinski definition) is 1. The van der Waals surface area contributed by atoms with Gasteiger partial charge in [-0.3, -0.25) is 9.59 Å². The van der Waals surface area contributed by atoms with Crippen molar-refractivity contribution < 1.29 is 9.59 Å². The molecule has 0 spiro atoms. The number of benzene rings is 1. The molecule has 148 valence electrons. The quantitative estimate of drug-likeness (QED) is 0.862. The van der Waals surface area contributed by atoms with Gasteiger partial charge < -0.3 is 15.1 Å². The number of aromatic nitrogens is 2. The van der Waals surface area contributed by atoms with E-state index in [1.807, 2.05) is 41.3 Å². The number of hydrogen-bond acceptors (Lipinski definition) is 5. The maximum Gasteiger partial charge on any atom is 0.254 e. The Morgan fingerprint density at radius 2 is 1.96 bits per heavy atom. The molecule has 1 aliphatic rings. The molecule has 1 atom stereocenters. The number of likely N-dealkylation sites (tertiary alicyclic amines) is 1. The van der Waals surface area contributed by atoms with Gasteiger partial charge in [-0.25, -0.2) is 9.97 Å². The summed E-state index contributed by atoms with van der Waals surface area (Å²) < 4.78 is 0. The van der Waals surface area contributed by atoms with E-state index in [2.05, 4.69) is 10.3 Å². The van der Waals surface area contributed by atoms with Crippen LogP contribution in [0.1, 0.15) is 54.1 Å². The lowest BCUT2D eigenvalue weighted by Gasteiger charge is -2.35. The van der Waals surface area contributed by atoms with Crippen molar-refractivity contribution in [3.05, 3.63) is 53.5 Å². The van der Waals surface area contributed by atoms with Crippen LogP contribution in [0.15, 0.2) is 36.4 Å². The molecule has 28 heavy (non-hydrogen) atoms. The van der Waals surface area contributed by atoms with Crippen LogP contribution in [0.25, 0.3) is 0 Å². The van der Waals surface area contributed by atoms with Gasteiger partial charge in [0.2, 0.25) is 5.91 Å². The number of amides is 2. The molecule has 7 heteroatoms. The van der Waals surface area contributed by atoms with E-state index in [4.69, 9.17) is 4.98 Å². The minimum absolute atomic E-state index is 0.00571. The summed E-state index contributed by atoms with van der Waals surface area (Å²) in [6, 6.07) is 11.0. The lowest BCUT2D eigenvalue weighted by molar-refractivity contribution is -0.128. The van der Waals surface area contributed by atoms with Crippen LogP contribution in [0.2, 0.25) is 0 Å². The third-order valence-electron chi connectivity index (χ3n) is 5.07. The van der Waals surface area contributed by atoms with Gasteiger partial charge in [-0.2, -0.15) is 0 Å². The second-order valence-corrected chi connectivity index (χ2v) is 7.10. The fraction of sp³-hybridized carbons (Fsp3) is 0.429. The first-order valence-electron chi connectivity index (χ1n) is 9.63. The topological polar surface area (TPSA) is 78.4 Å². The Hall–Kier alpha value is -2.96. The standard InChI is InChI=1S/C21H27N5O2/c1-15(27)25(3)14-17-13-19(22-2)24-20(23-17)18-11-7-8-12-26(18)21(28)16-9-5-4-6-10-16/h4-6,9-10,13,18H,7-8,11-12,14H2,1-3H3,(H,22,23,24)/t18-/m0/s1. The Labute approximate surface area is 165 Å². The average Bonchev–Trinajstić information content (AvgIpc) is 2.73. The summed E-state index contributed by atoms with van der Waals surface area (Å²) in [4.78, 5) is 37.5. The smallest absolute Gasteiger partial charge is 0.254 e. The van der Waals surface area contributed by atoms with E-state index in [1.165, 1.54) is 6.92 Å². The lowest BCUT2D eigenvalue weighted by atomic mass is 10.00. The molecule has 0 unspecified atom stereocenters. The Balaban J connectivity index is 1.92. The first kappa shape index (κ1) is 19.8. The van der Waals surface area contributed by atoms with Crippen molar-refractivity contribution in [1.82, 2.24) is 19.8 Å². The van der Waals surface area contributed by atoms with Crippen molar-refractivity contribution in [1.29, 1.82) is 0 Å². The van der Waals surface area contributed by atoms with Crippen LogP contribution < -0.4 is 5.32 Å². The Morgan fingerprint density at radius 3 is 2.64 bits per heavy atom. The molecule has 1 aromatic carbocycles. The van der Waals surface area contributed by atoms with Gasteiger partial charge in [0.15, 0.2) is 5.82 Å². The van der Waals surface area contributed by atoms with E-state index >= 15 is 0 Å². The normalized spacial score (nSPS) is 16.5. The fourth-order valence-corrected chi connectivity index (χ4v) is 3.42. The Bertz CT molecular complexity index is 840. The van der Waals surface area contributed by atoms with Gasteiger partial charge in [0.1, 0.15) is 5.82 Å². The van der Waals surface area contributed by atoms with Crippen LogP contribution in [0.5, 0.6) is 0 Å². The van der Waals surface area contributed by atoms with E-state index in [1.54, 1.807) is 19.0 Å². The van der Waals surface area contributed by atoms with Crippen LogP contribution in [-0.2, 0) is 11.3 Å². The van der Waals surface area contributed by atoms with E-state index in [0.717, 1.165) is 25.0 Å². The van der Waals surface area contributed by atoms with Gasteiger partial charge in [-0.1, -0.05) is 18.2 Å². The highest BCUT2D eigenvalue weighted by Gasteiger charge is 2.31. The molecule has 2 amide bonds. The molecule has 0 saturated carbocycles. The van der Waals surface area contributed by atoms with Crippen molar-refractivity contribution in [3.8, 4) is 0 Å². The van der Waals surface area contributed by atoms with E-state index < -0.39 is 0 Å². The summed E-state index contributed by atoms with van der Waals surface area (Å²) >= 11 is 0. The maximum absolute atomic E-state index is 13.1. The number of carbonyl (C=O) groups excluding carboxylic acids is 2. The highest BCUT2D eigenvalue weighted by molar-refractivity contribution is 5.94. The molecule has 1 fully saturated rings. The zero-order chi connectivity index (χ0) is 20.1. The van der Waals surface area contributed by atoms with E-state index in [9.17, 15) is 9.59 Å². The summed E-state index contributed by atoms with van der Waals surface area (Å²) in [6.45, 7) is 2.62. The lowest BCUT2D eigenvalue weighted by Crippen LogP contribution is -2.39. The third-order valence-corrected chi connectivity index (χ3v) is 5.07. The zero-order valence-electron chi connectivity index (χ0n) is 16.7. The number of nitrogens with zero attached hydrogens (tertiary/aromatic N) is 4. The first-order valence-corrected chi connectivity index (χ1v) is 9.63. The molecule has 2 heterocycles. The van der Waals surface area contributed by atoms with Crippen molar-refractivity contribution in [2.24, 2.45) is 0 Å². The zero-order valence-corrected chi connectivity index (χ0v) is 16.7. The van der Waals surface area contributed by atoms with E-state index in [-0.39, 0.29) is 17.9 Å². The molecule has 0 bridgehead atoms. The SMILES string of the molecule is CNc1cc(CN(C)C(C)=O)nc([C@@H]2CCCCN2C(=O)c2ccccc2)n1. The molecule has 1 saturated heterocycles. The van der Waals surface area contributed by atoms with Crippen molar-refractivity contribution in [3.63, 3.8) is 0 Å². The molecule has 3 rings (SSSR count). The number of anilines is 1. The number of nitrogens with one attached hydrogen (secondary N) is 1. The fourth-order valence-electron chi connectivity index (χ4n) is 3.42. The molecule has 1 aromatic heterocycles. The maximum atomic E-state index is 13.1.